The number of aliphatic carboxylic acids is 2. The average Bonchev–Trinajstić information content (AvgIpc) is 0.904. The van der Waals surface area contributed by atoms with Gasteiger partial charge in [-0.2, -0.15) is 0 Å². The molecule has 0 unspecified atom stereocenters. The Labute approximate surface area is 751 Å². The number of hydrogen-bond donors (Lipinski definition) is 10. The molecule has 0 aliphatic rings. The van der Waals surface area contributed by atoms with Gasteiger partial charge in [0.25, 0.3) is 0 Å². The van der Waals surface area contributed by atoms with Crippen LogP contribution in [0.5, 0.6) is 11.5 Å². The number of Topliss-reactive ketones (excluding diaryl/α,β-unsaturated/α-hetero) is 6. The second-order valence-corrected chi connectivity index (χ2v) is 32.0. The molecule has 0 saturated heterocycles. The van der Waals surface area contributed by atoms with Gasteiger partial charge in [-0.05, 0) is 153 Å². The number of hydrogen-bond acceptors (Lipinski definition) is 26. The zero-order valence-electron chi connectivity index (χ0n) is 77.5. The van der Waals surface area contributed by atoms with E-state index in [1.807, 2.05) is 27.7 Å². The number of carbonyl (C=O) groups excluding carboxylic acids is 11. The number of ether oxygens (including phenoxy) is 10. The summed E-state index contributed by atoms with van der Waals surface area (Å²) in [5, 5.41) is 50.4. The normalized spacial score (nSPS) is 12.0. The van der Waals surface area contributed by atoms with E-state index >= 15 is 0 Å². The van der Waals surface area contributed by atoms with Gasteiger partial charge in [0, 0.05) is 95.7 Å². The lowest BCUT2D eigenvalue weighted by Crippen LogP contribution is -2.41. The molecule has 724 valence electrons. The zero-order valence-corrected chi connectivity index (χ0v) is 76.5. The first-order chi connectivity index (χ1) is 60.7. The number of benzene rings is 2. The maximum atomic E-state index is 12.4. The van der Waals surface area contributed by atoms with Gasteiger partial charge in [-0.15, -0.1) is 0 Å². The quantitative estimate of drug-likeness (QED) is 0.0275. The standard InChI is InChI=1S/2C43H69N3O14.C6H12O.H/c1-33(34(2)47)13-9-10-22-44-40(50)31-59-30-28-57-26-23-45-41(51)32-58-29-27-56-24-12-14-36(48)18-21-38(43(54)55)46-39(49)15-8-6-4-3-5-7-11-25-60-37-19-16-35(17-20-37)42(52)53;1-33(47)39(44)14-8-9-21-45-41(51)32-59-29-26-56-23-11-13-37(49)31-58-28-27-57-25-22-46-40(50)20-17-35(43(54)55)30-36(48)12-7-5-3-2-4-6-10-24-60-38-18-15-34(16-19-38)42(52)53;1-5(7)6(2,3)4;/h16-17,19-20,33,38H,3-15,18,21-32H2,1-2H3,(H,44,50)(H,45,51)(H,46,49)(H,52,53)(H,54,55);15-16,18-19,35,39H,2-14,17,20-32,44H2,1H3,(H,45,51)(H,46,50)(H,52,53)(H,54,55);1-4H3;/q;;;-1/t33-,38-;35-,39+;;/m01../s1. The molecule has 0 saturated carbocycles. The second-order valence-electron chi connectivity index (χ2n) is 32.0. The summed E-state index contributed by atoms with van der Waals surface area (Å²) in [6.07, 6.45) is 19.5. The summed E-state index contributed by atoms with van der Waals surface area (Å²) >= 11 is 0. The maximum Gasteiger partial charge on any atom is 0.335 e. The monoisotopic (exact) mass is 1800 g/mol. The lowest BCUT2D eigenvalue weighted by atomic mass is 9.92. The van der Waals surface area contributed by atoms with Gasteiger partial charge in [0.2, 0.25) is 29.5 Å². The summed E-state index contributed by atoms with van der Waals surface area (Å²) in [7, 11) is 0. The number of ketones is 6. The number of carboxylic acids is 4. The summed E-state index contributed by atoms with van der Waals surface area (Å²) in [6.45, 7) is 17.7. The minimum Gasteiger partial charge on any atom is -1.00 e. The molecule has 0 aromatic heterocycles. The van der Waals surface area contributed by atoms with Crippen molar-refractivity contribution in [1.29, 1.82) is 0 Å². The number of unbranched alkanes of at least 4 members (excludes halogenated alkanes) is 14. The topological polar surface area (TPSA) is 515 Å². The van der Waals surface area contributed by atoms with Gasteiger partial charge >= 0.3 is 23.9 Å². The Morgan fingerprint density at radius 3 is 1.14 bits per heavy atom. The molecule has 2 aromatic carbocycles. The van der Waals surface area contributed by atoms with Gasteiger partial charge in [0.1, 0.15) is 72.9 Å². The van der Waals surface area contributed by atoms with Crippen LogP contribution in [-0.2, 0) is 100 Å². The highest BCUT2D eigenvalue weighted by atomic mass is 16.5. The van der Waals surface area contributed by atoms with Crippen LogP contribution in [0.1, 0.15) is 270 Å². The predicted molar refractivity (Wildman–Crippen MR) is 475 cm³/mol. The van der Waals surface area contributed by atoms with Crippen LogP contribution in [0.25, 0.3) is 0 Å². The minimum absolute atomic E-state index is 0. The summed E-state index contributed by atoms with van der Waals surface area (Å²) in [6, 6.07) is 11.0. The molecule has 11 N–H and O–H groups in total. The van der Waals surface area contributed by atoms with Gasteiger partial charge in [0.05, 0.1) is 102 Å². The van der Waals surface area contributed by atoms with Crippen LogP contribution in [0.15, 0.2) is 48.5 Å². The fourth-order valence-electron chi connectivity index (χ4n) is 11.4. The molecule has 0 fully saturated rings. The predicted octanol–water partition coefficient (Wildman–Crippen LogP) is 10.1. The maximum absolute atomic E-state index is 12.4. The Morgan fingerprint density at radius 1 is 0.346 bits per heavy atom. The molecular weight excluding hydrogens is 1650 g/mol. The van der Waals surface area contributed by atoms with Crippen LogP contribution < -0.4 is 41.8 Å². The Kier molecular flexibility index (Phi) is 72.4. The molecule has 0 radical (unpaired) electrons. The minimum atomic E-state index is -1.18. The first-order valence-electron chi connectivity index (χ1n) is 44.9. The summed E-state index contributed by atoms with van der Waals surface area (Å²) in [4.78, 5) is 175. The molecule has 0 aliphatic heterocycles. The fraction of sp³-hybridized carbons (Fsp3) is 0.707. The number of nitrogens with one attached hydrogen (secondary N) is 5. The molecule has 0 spiro atoms. The molecule has 2 aromatic rings. The lowest BCUT2D eigenvalue weighted by Gasteiger charge is -2.14. The first kappa shape index (κ1) is 118. The van der Waals surface area contributed by atoms with Crippen LogP contribution in [0.4, 0.5) is 0 Å². The third-order valence-corrected chi connectivity index (χ3v) is 19.8. The molecule has 5 amide bonds. The van der Waals surface area contributed by atoms with E-state index < -0.39 is 41.9 Å². The van der Waals surface area contributed by atoms with Crippen molar-refractivity contribution in [2.75, 3.05) is 145 Å². The number of nitrogens with two attached hydrogens (primary N) is 1. The number of aromatic carboxylic acids is 2. The molecule has 2 rings (SSSR count). The van der Waals surface area contributed by atoms with E-state index in [1.165, 1.54) is 31.2 Å². The van der Waals surface area contributed by atoms with Gasteiger partial charge < -0.3 is 102 Å². The summed E-state index contributed by atoms with van der Waals surface area (Å²) in [5.74, 6) is -5.14. The molecule has 35 heteroatoms. The van der Waals surface area contributed by atoms with Crippen LogP contribution in [-0.4, -0.2) is 266 Å². The Balaban J connectivity index is 0. The molecule has 0 bridgehead atoms. The van der Waals surface area contributed by atoms with Crippen molar-refractivity contribution in [2.45, 2.75) is 260 Å². The smallest absolute Gasteiger partial charge is 0.335 e. The molecule has 0 heterocycles. The Morgan fingerprint density at radius 2 is 0.724 bits per heavy atom. The van der Waals surface area contributed by atoms with Gasteiger partial charge in [-0.25, -0.2) is 14.4 Å². The van der Waals surface area contributed by atoms with Crippen LogP contribution in [0.3, 0.4) is 0 Å². The Hall–Kier alpha value is -9.07. The number of carboxylic acid groups (broad SMARTS) is 4. The van der Waals surface area contributed by atoms with Crippen LogP contribution >= 0.6 is 0 Å². The lowest BCUT2D eigenvalue weighted by molar-refractivity contribution is -0.144. The highest BCUT2D eigenvalue weighted by Crippen LogP contribution is 2.20. The third kappa shape index (κ3) is 73.5. The van der Waals surface area contributed by atoms with Gasteiger partial charge in [-0.1, -0.05) is 98.3 Å². The molecule has 35 nitrogen and oxygen atoms in total. The molecule has 127 heavy (non-hydrogen) atoms. The van der Waals surface area contributed by atoms with Gasteiger partial charge in [-0.3, -0.25) is 57.5 Å². The molecule has 4 atom stereocenters. The highest BCUT2D eigenvalue weighted by Gasteiger charge is 2.24. The van der Waals surface area contributed by atoms with Crippen molar-refractivity contribution in [3.05, 3.63) is 59.7 Å². The Bertz CT molecular complexity index is 3210. The largest absolute Gasteiger partial charge is 1.00 e. The number of amides is 5. The summed E-state index contributed by atoms with van der Waals surface area (Å²) in [5.41, 5.74) is 5.97. The van der Waals surface area contributed by atoms with Crippen molar-refractivity contribution in [2.24, 2.45) is 23.0 Å². The fourth-order valence-corrected chi connectivity index (χ4v) is 11.4. The van der Waals surface area contributed by atoms with E-state index in [0.29, 0.717) is 103 Å². The van der Waals surface area contributed by atoms with E-state index in [1.54, 1.807) is 38.1 Å². The van der Waals surface area contributed by atoms with Crippen molar-refractivity contribution < 1.29 is 141 Å². The van der Waals surface area contributed by atoms with Crippen LogP contribution in [0, 0.1) is 17.3 Å². The molecular formula is C92H151N6O29-. The van der Waals surface area contributed by atoms with Crippen molar-refractivity contribution in [3.63, 3.8) is 0 Å². The van der Waals surface area contributed by atoms with Crippen molar-refractivity contribution in [3.8, 4) is 11.5 Å². The van der Waals surface area contributed by atoms with Crippen LogP contribution in [0.2, 0.25) is 0 Å². The average molecular weight is 1810 g/mol. The van der Waals surface area contributed by atoms with Crippen molar-refractivity contribution in [1.82, 2.24) is 26.6 Å². The van der Waals surface area contributed by atoms with E-state index in [0.717, 1.165) is 109 Å². The highest BCUT2D eigenvalue weighted by molar-refractivity contribution is 5.89. The molecule has 0 aliphatic carbocycles. The third-order valence-electron chi connectivity index (χ3n) is 19.8. The number of carbonyl (C=O) groups is 15. The van der Waals surface area contributed by atoms with E-state index in [2.05, 4.69) is 26.6 Å². The SMILES string of the molecule is CC(=O)C(C)(C)C.CC(=O)[C@@H](C)CCCCNC(=O)COCCOCCNC(=O)COCCOCCCC(=O)CC[C@H](NC(=O)CCCCCCCCCOc1ccc(C(=O)O)cc1)C(=O)O.CC(=O)[C@@H](N)CCCCNC(=O)COCCOCCCC(=O)COCCOCCNC(=O)CC[C@H](CC(=O)CCCCCCCCCOc1ccc(C(=O)O)cc1)C(=O)O.[H-]. The zero-order chi connectivity index (χ0) is 94.5. The second kappa shape index (κ2) is 78.0. The number of rotatable bonds is 81. The summed E-state index contributed by atoms with van der Waals surface area (Å²) < 4.78 is 54.1. The van der Waals surface area contributed by atoms with E-state index in [-0.39, 0.29) is 232 Å². The van der Waals surface area contributed by atoms with E-state index in [9.17, 15) is 82.1 Å². The van der Waals surface area contributed by atoms with Gasteiger partial charge in [0.15, 0.2) is 5.78 Å². The van der Waals surface area contributed by atoms with E-state index in [4.69, 9.17) is 63.3 Å². The van der Waals surface area contributed by atoms with Crippen molar-refractivity contribution >= 4 is 88.1 Å². The first-order valence-corrected chi connectivity index (χ1v) is 44.9.